The maximum atomic E-state index is 13.4. The second-order valence-corrected chi connectivity index (χ2v) is 4.43. The molecule has 0 saturated heterocycles. The molecule has 1 aromatic rings. The van der Waals surface area contributed by atoms with Crippen LogP contribution >= 0.6 is 0 Å². The highest BCUT2D eigenvalue weighted by Gasteiger charge is 2.28. The average Bonchev–Trinajstić information content (AvgIpc) is 2.76. The molecule has 1 saturated carbocycles. The lowest BCUT2D eigenvalue weighted by Crippen LogP contribution is -2.38. The molecule has 1 amide bonds. The van der Waals surface area contributed by atoms with Crippen LogP contribution in [0.4, 0.5) is 4.39 Å². The molecule has 4 heteroatoms. The summed E-state index contributed by atoms with van der Waals surface area (Å²) in [6.07, 6.45) is 2.76. The normalized spacial score (nSPS) is 23.6. The van der Waals surface area contributed by atoms with Crippen LogP contribution in [0.1, 0.15) is 29.6 Å². The summed E-state index contributed by atoms with van der Waals surface area (Å²) in [5, 5.41) is 11.9. The number of hydrogen-bond acceptors (Lipinski definition) is 2. The Morgan fingerprint density at radius 3 is 2.88 bits per heavy atom. The van der Waals surface area contributed by atoms with Gasteiger partial charge in [-0.05, 0) is 25.0 Å². The molecule has 1 aromatic carbocycles. The third-order valence-electron chi connectivity index (χ3n) is 3.33. The van der Waals surface area contributed by atoms with E-state index in [4.69, 9.17) is 5.11 Å². The van der Waals surface area contributed by atoms with Gasteiger partial charge in [0.05, 0.1) is 5.56 Å². The maximum Gasteiger partial charge on any atom is 0.254 e. The number of carbonyl (C=O) groups excluding carboxylic acids is 1. The second kappa shape index (κ2) is 5.27. The van der Waals surface area contributed by atoms with Gasteiger partial charge in [0.1, 0.15) is 5.82 Å². The van der Waals surface area contributed by atoms with Gasteiger partial charge in [0, 0.05) is 18.6 Å². The molecule has 0 aliphatic heterocycles. The number of aliphatic hydroxyl groups excluding tert-OH is 1. The topological polar surface area (TPSA) is 49.3 Å². The fourth-order valence-corrected chi connectivity index (χ4v) is 2.34. The number of aliphatic hydroxyl groups is 1. The van der Waals surface area contributed by atoms with Gasteiger partial charge >= 0.3 is 0 Å². The fourth-order valence-electron chi connectivity index (χ4n) is 2.34. The van der Waals surface area contributed by atoms with E-state index in [1.165, 1.54) is 12.1 Å². The van der Waals surface area contributed by atoms with Crippen molar-refractivity contribution >= 4 is 5.91 Å². The maximum absolute atomic E-state index is 13.4. The first-order valence-corrected chi connectivity index (χ1v) is 5.88. The molecule has 2 unspecified atom stereocenters. The highest BCUT2D eigenvalue weighted by molar-refractivity contribution is 5.94. The van der Waals surface area contributed by atoms with Gasteiger partial charge in [0.15, 0.2) is 0 Å². The molecule has 0 aromatic heterocycles. The summed E-state index contributed by atoms with van der Waals surface area (Å²) >= 11 is 0. The van der Waals surface area contributed by atoms with Crippen LogP contribution in [-0.2, 0) is 0 Å². The van der Waals surface area contributed by atoms with E-state index in [-0.39, 0.29) is 24.1 Å². The number of amides is 1. The van der Waals surface area contributed by atoms with Gasteiger partial charge in [-0.2, -0.15) is 0 Å². The van der Waals surface area contributed by atoms with E-state index in [0.717, 1.165) is 19.3 Å². The summed E-state index contributed by atoms with van der Waals surface area (Å²) < 4.78 is 13.4. The standard InChI is InChI=1S/C13H16FNO2/c14-11-6-2-1-5-10(11)13(17)15-12-7-3-4-9(12)8-16/h1-2,5-6,9,12,16H,3-4,7-8H2,(H,15,17). The van der Waals surface area contributed by atoms with Crippen molar-refractivity contribution in [1.29, 1.82) is 0 Å². The van der Waals surface area contributed by atoms with Crippen molar-refractivity contribution in [3.8, 4) is 0 Å². The van der Waals surface area contributed by atoms with Crippen LogP contribution in [0.5, 0.6) is 0 Å². The molecule has 0 bridgehead atoms. The molecule has 2 N–H and O–H groups in total. The van der Waals surface area contributed by atoms with E-state index in [1.807, 2.05) is 0 Å². The van der Waals surface area contributed by atoms with Crippen LogP contribution in [0.3, 0.4) is 0 Å². The number of hydrogen-bond donors (Lipinski definition) is 2. The van der Waals surface area contributed by atoms with Crippen molar-refractivity contribution in [2.75, 3.05) is 6.61 Å². The first kappa shape index (κ1) is 12.0. The van der Waals surface area contributed by atoms with E-state index in [0.29, 0.717) is 0 Å². The van der Waals surface area contributed by atoms with Gasteiger partial charge in [0.25, 0.3) is 5.91 Å². The van der Waals surface area contributed by atoms with E-state index >= 15 is 0 Å². The molecule has 2 rings (SSSR count). The van der Waals surface area contributed by atoms with Crippen LogP contribution in [-0.4, -0.2) is 23.7 Å². The predicted octanol–water partition coefficient (Wildman–Crippen LogP) is 1.72. The zero-order chi connectivity index (χ0) is 12.3. The molecular weight excluding hydrogens is 221 g/mol. The first-order chi connectivity index (χ1) is 8.22. The third kappa shape index (κ3) is 2.64. The number of benzene rings is 1. The van der Waals surface area contributed by atoms with Crippen molar-refractivity contribution in [2.24, 2.45) is 5.92 Å². The van der Waals surface area contributed by atoms with Crippen LogP contribution in [0.2, 0.25) is 0 Å². The van der Waals surface area contributed by atoms with Gasteiger partial charge < -0.3 is 10.4 Å². The minimum absolute atomic E-state index is 0.0351. The second-order valence-electron chi connectivity index (χ2n) is 4.43. The fraction of sp³-hybridized carbons (Fsp3) is 0.462. The quantitative estimate of drug-likeness (QED) is 0.841. The molecule has 3 nitrogen and oxygen atoms in total. The van der Waals surface area contributed by atoms with Gasteiger partial charge in [-0.1, -0.05) is 18.6 Å². The summed E-state index contributed by atoms with van der Waals surface area (Å²) in [6, 6.07) is 5.89. The van der Waals surface area contributed by atoms with Crippen LogP contribution in [0.25, 0.3) is 0 Å². The largest absolute Gasteiger partial charge is 0.396 e. The summed E-state index contributed by atoms with van der Waals surface area (Å²) in [6.45, 7) is 0.0716. The van der Waals surface area contributed by atoms with E-state index in [2.05, 4.69) is 5.32 Å². The van der Waals surface area contributed by atoms with E-state index in [9.17, 15) is 9.18 Å². The van der Waals surface area contributed by atoms with Gasteiger partial charge in [0.2, 0.25) is 0 Å². The average molecular weight is 237 g/mol. The molecule has 1 aliphatic carbocycles. The molecule has 1 aliphatic rings. The molecular formula is C13H16FNO2. The predicted molar refractivity (Wildman–Crippen MR) is 62.1 cm³/mol. The van der Waals surface area contributed by atoms with Crippen LogP contribution in [0, 0.1) is 11.7 Å². The van der Waals surface area contributed by atoms with Crippen molar-refractivity contribution in [3.63, 3.8) is 0 Å². The molecule has 0 spiro atoms. The Morgan fingerprint density at radius 1 is 1.41 bits per heavy atom. The van der Waals surface area contributed by atoms with Gasteiger partial charge in [-0.3, -0.25) is 4.79 Å². The van der Waals surface area contributed by atoms with Gasteiger partial charge in [-0.15, -0.1) is 0 Å². The smallest absolute Gasteiger partial charge is 0.254 e. The van der Waals surface area contributed by atoms with Crippen molar-refractivity contribution in [3.05, 3.63) is 35.6 Å². The number of nitrogens with one attached hydrogen (secondary N) is 1. The first-order valence-electron chi connectivity index (χ1n) is 5.88. The Kier molecular flexibility index (Phi) is 3.74. The Hall–Kier alpha value is -1.42. The Labute approximate surface area is 99.7 Å². The zero-order valence-corrected chi connectivity index (χ0v) is 9.53. The number of rotatable bonds is 3. The Bertz CT molecular complexity index is 408. The minimum atomic E-state index is -0.511. The monoisotopic (exact) mass is 237 g/mol. The van der Waals surface area contributed by atoms with Crippen molar-refractivity contribution in [1.82, 2.24) is 5.32 Å². The van der Waals surface area contributed by atoms with E-state index in [1.54, 1.807) is 12.1 Å². The lowest BCUT2D eigenvalue weighted by atomic mass is 10.0. The van der Waals surface area contributed by atoms with Gasteiger partial charge in [-0.25, -0.2) is 4.39 Å². The molecule has 0 heterocycles. The highest BCUT2D eigenvalue weighted by Crippen LogP contribution is 2.25. The molecule has 0 radical (unpaired) electrons. The summed E-state index contributed by atoms with van der Waals surface area (Å²) in [7, 11) is 0. The molecule has 17 heavy (non-hydrogen) atoms. The summed E-state index contributed by atoms with van der Waals surface area (Å²) in [5.74, 6) is -0.803. The zero-order valence-electron chi connectivity index (χ0n) is 9.53. The number of carbonyl (C=O) groups is 1. The van der Waals surface area contributed by atoms with E-state index < -0.39 is 11.7 Å². The molecule has 92 valence electrons. The van der Waals surface area contributed by atoms with Crippen molar-refractivity contribution in [2.45, 2.75) is 25.3 Å². The third-order valence-corrected chi connectivity index (χ3v) is 3.33. The summed E-state index contributed by atoms with van der Waals surface area (Å²) in [4.78, 5) is 11.9. The SMILES string of the molecule is O=C(NC1CCCC1CO)c1ccccc1F. The van der Waals surface area contributed by atoms with Crippen LogP contribution in [0.15, 0.2) is 24.3 Å². The molecule has 2 atom stereocenters. The highest BCUT2D eigenvalue weighted by atomic mass is 19.1. The summed E-state index contributed by atoms with van der Waals surface area (Å²) in [5.41, 5.74) is 0.0658. The Morgan fingerprint density at radius 2 is 2.18 bits per heavy atom. The Balaban J connectivity index is 2.04. The number of halogens is 1. The van der Waals surface area contributed by atoms with Crippen molar-refractivity contribution < 1.29 is 14.3 Å². The molecule has 1 fully saturated rings. The lowest BCUT2D eigenvalue weighted by molar-refractivity contribution is 0.0912. The minimum Gasteiger partial charge on any atom is -0.396 e. The van der Waals surface area contributed by atoms with Crippen LogP contribution < -0.4 is 5.32 Å². The lowest BCUT2D eigenvalue weighted by Gasteiger charge is -2.19.